The first kappa shape index (κ1) is 20.6. The van der Waals surface area contributed by atoms with E-state index in [4.69, 9.17) is 16.0 Å². The molecule has 3 rings (SSSR count). The number of amides is 2. The van der Waals surface area contributed by atoms with E-state index >= 15 is 0 Å². The van der Waals surface area contributed by atoms with Gasteiger partial charge in [-0.05, 0) is 49.3 Å². The van der Waals surface area contributed by atoms with Gasteiger partial charge in [0.2, 0.25) is 0 Å². The molecule has 1 aliphatic rings. The Balaban J connectivity index is 1.98. The molecule has 0 N–H and O–H groups in total. The predicted molar refractivity (Wildman–Crippen MR) is 112 cm³/mol. The van der Waals surface area contributed by atoms with Crippen LogP contribution >= 0.6 is 11.6 Å². The minimum atomic E-state index is -0.528. The van der Waals surface area contributed by atoms with Gasteiger partial charge in [-0.3, -0.25) is 14.5 Å². The maximum atomic E-state index is 13.0. The Morgan fingerprint density at radius 2 is 1.90 bits per heavy atom. The van der Waals surface area contributed by atoms with Crippen LogP contribution in [0.5, 0.6) is 0 Å². The molecule has 1 aromatic heterocycles. The van der Waals surface area contributed by atoms with E-state index in [9.17, 15) is 14.9 Å². The average molecular weight is 409 g/mol. The minimum Gasteiger partial charge on any atom is -0.457 e. The number of nitriles is 1. The second-order valence-electron chi connectivity index (χ2n) is 6.82. The van der Waals surface area contributed by atoms with Crippen LogP contribution < -0.4 is 0 Å². The van der Waals surface area contributed by atoms with Crippen LogP contribution in [-0.4, -0.2) is 23.3 Å². The maximum absolute atomic E-state index is 13.0. The van der Waals surface area contributed by atoms with Gasteiger partial charge in [-0.25, -0.2) is 0 Å². The predicted octanol–water partition coefficient (Wildman–Crippen LogP) is 5.38. The Labute approximate surface area is 174 Å². The van der Waals surface area contributed by atoms with Crippen LogP contribution in [0.25, 0.3) is 17.4 Å². The number of carbonyl (C=O) groups is 2. The Morgan fingerprint density at radius 1 is 1.14 bits per heavy atom. The molecule has 0 saturated carbocycles. The lowest BCUT2D eigenvalue weighted by Crippen LogP contribution is -2.43. The Kier molecular flexibility index (Phi) is 6.36. The minimum absolute atomic E-state index is 0.00904. The number of benzene rings is 1. The third-order valence-corrected chi connectivity index (χ3v) is 5.19. The maximum Gasteiger partial charge on any atom is 0.271 e. The van der Waals surface area contributed by atoms with Gasteiger partial charge in [-0.15, -0.1) is 0 Å². The van der Waals surface area contributed by atoms with E-state index in [1.54, 1.807) is 31.2 Å². The van der Waals surface area contributed by atoms with Crippen LogP contribution in [0.3, 0.4) is 0 Å². The van der Waals surface area contributed by atoms with Crippen LogP contribution in [0.2, 0.25) is 5.02 Å². The van der Waals surface area contributed by atoms with Crippen molar-refractivity contribution in [2.24, 2.45) is 0 Å². The summed E-state index contributed by atoms with van der Waals surface area (Å²) in [4.78, 5) is 26.7. The number of rotatable bonds is 6. The zero-order chi connectivity index (χ0) is 21.0. The molecule has 0 fully saturated rings. The first-order valence-electron chi connectivity index (χ1n) is 9.52. The summed E-state index contributed by atoms with van der Waals surface area (Å²) < 4.78 is 5.86. The highest BCUT2D eigenvalue weighted by Crippen LogP contribution is 2.32. The summed E-state index contributed by atoms with van der Waals surface area (Å²) in [6, 6.07) is 12.8. The highest BCUT2D eigenvalue weighted by atomic mass is 35.5. The second kappa shape index (κ2) is 8.93. The molecule has 2 heterocycles. The highest BCUT2D eigenvalue weighted by molar-refractivity contribution is 6.33. The number of nitrogens with zero attached hydrogens (tertiary/aromatic N) is 2. The van der Waals surface area contributed by atoms with Crippen molar-refractivity contribution in [3.63, 3.8) is 0 Å². The zero-order valence-electron chi connectivity index (χ0n) is 16.4. The van der Waals surface area contributed by atoms with Crippen LogP contribution in [0.1, 0.15) is 38.9 Å². The summed E-state index contributed by atoms with van der Waals surface area (Å²) in [7, 11) is 0. The molecule has 5 nitrogen and oxygen atoms in total. The van der Waals surface area contributed by atoms with Gasteiger partial charge in [-0.1, -0.05) is 43.5 Å². The molecule has 0 spiro atoms. The Hall–Kier alpha value is -3.10. The largest absolute Gasteiger partial charge is 0.457 e. The molecule has 2 amide bonds. The van der Waals surface area contributed by atoms with Crippen molar-refractivity contribution in [2.75, 3.05) is 6.54 Å². The van der Waals surface area contributed by atoms with Crippen LogP contribution in [0.15, 0.2) is 57.5 Å². The number of hydrogen-bond donors (Lipinski definition) is 0. The molecule has 148 valence electrons. The van der Waals surface area contributed by atoms with Crippen molar-refractivity contribution in [3.8, 4) is 17.4 Å². The molecule has 1 aliphatic heterocycles. The zero-order valence-corrected chi connectivity index (χ0v) is 17.1. The van der Waals surface area contributed by atoms with E-state index in [1.807, 2.05) is 31.2 Å². The van der Waals surface area contributed by atoms with Gasteiger partial charge >= 0.3 is 0 Å². The number of halogens is 1. The van der Waals surface area contributed by atoms with Gasteiger partial charge in [0.15, 0.2) is 0 Å². The van der Waals surface area contributed by atoms with E-state index in [0.29, 0.717) is 35.1 Å². The first-order chi connectivity index (χ1) is 14.0. The molecule has 29 heavy (non-hydrogen) atoms. The van der Waals surface area contributed by atoms with E-state index in [1.165, 1.54) is 0 Å². The average Bonchev–Trinajstić information content (AvgIpc) is 3.17. The number of imide groups is 1. The lowest BCUT2D eigenvalue weighted by molar-refractivity contribution is -0.140. The smallest absolute Gasteiger partial charge is 0.271 e. The summed E-state index contributed by atoms with van der Waals surface area (Å²) in [6.07, 6.45) is 4.15. The van der Waals surface area contributed by atoms with Gasteiger partial charge in [0.1, 0.15) is 23.2 Å². The summed E-state index contributed by atoms with van der Waals surface area (Å²) in [6.45, 7) is 3.95. The molecular formula is C23H21ClN2O3. The van der Waals surface area contributed by atoms with Crippen molar-refractivity contribution >= 4 is 29.5 Å². The summed E-state index contributed by atoms with van der Waals surface area (Å²) in [5, 5.41) is 10.0. The molecule has 1 aromatic carbocycles. The summed E-state index contributed by atoms with van der Waals surface area (Å²) >= 11 is 6.22. The van der Waals surface area contributed by atoms with Gasteiger partial charge in [0, 0.05) is 17.7 Å². The first-order valence-corrected chi connectivity index (χ1v) is 9.89. The van der Waals surface area contributed by atoms with E-state index < -0.39 is 11.8 Å². The van der Waals surface area contributed by atoms with E-state index in [-0.39, 0.29) is 11.1 Å². The lowest BCUT2D eigenvalue weighted by Gasteiger charge is -2.27. The van der Waals surface area contributed by atoms with Crippen molar-refractivity contribution in [3.05, 3.63) is 63.9 Å². The van der Waals surface area contributed by atoms with E-state index in [0.717, 1.165) is 23.3 Å². The Bertz CT molecular complexity index is 1060. The fourth-order valence-electron chi connectivity index (χ4n) is 3.23. The van der Waals surface area contributed by atoms with Crippen molar-refractivity contribution in [1.82, 2.24) is 4.90 Å². The third kappa shape index (κ3) is 4.18. The number of furan rings is 1. The molecule has 0 bridgehead atoms. The van der Waals surface area contributed by atoms with Gasteiger partial charge in [0.25, 0.3) is 11.8 Å². The van der Waals surface area contributed by atoms with Gasteiger partial charge < -0.3 is 4.42 Å². The van der Waals surface area contributed by atoms with Crippen LogP contribution in [0.4, 0.5) is 0 Å². The van der Waals surface area contributed by atoms with Gasteiger partial charge in [0.05, 0.1) is 5.02 Å². The second-order valence-corrected chi connectivity index (χ2v) is 7.23. The molecule has 0 atom stereocenters. The standard InChI is InChI=1S/C23H21ClN2O3/c1-3-4-7-12-26-22(27)18(15(2)19(14-25)23(26)28)13-16-10-11-21(29-16)17-8-5-6-9-20(17)24/h5-6,8-11,13H,3-4,7,12H2,1-2H3. The number of unbranched alkanes of at least 4 members (excludes halogenated alkanes) is 2. The Morgan fingerprint density at radius 3 is 2.59 bits per heavy atom. The topological polar surface area (TPSA) is 74.3 Å². The van der Waals surface area contributed by atoms with Gasteiger partial charge in [-0.2, -0.15) is 5.26 Å². The molecule has 0 aliphatic carbocycles. The monoisotopic (exact) mass is 408 g/mol. The normalized spacial score (nSPS) is 15.9. The molecular weight excluding hydrogens is 388 g/mol. The number of hydrogen-bond acceptors (Lipinski definition) is 4. The number of carbonyl (C=O) groups excluding carboxylic acids is 2. The molecule has 2 aromatic rings. The summed E-state index contributed by atoms with van der Waals surface area (Å²) in [5.74, 6) is 0.0873. The highest BCUT2D eigenvalue weighted by Gasteiger charge is 2.35. The quantitative estimate of drug-likeness (QED) is 0.365. The van der Waals surface area contributed by atoms with E-state index in [2.05, 4.69) is 0 Å². The molecule has 0 unspecified atom stereocenters. The van der Waals surface area contributed by atoms with Crippen molar-refractivity contribution in [1.29, 1.82) is 5.26 Å². The SMILES string of the molecule is CCCCCN1C(=O)C(=Cc2ccc(-c3ccccc3Cl)o2)C(C)=C(C#N)C1=O. The van der Waals surface area contributed by atoms with Crippen LogP contribution in [-0.2, 0) is 9.59 Å². The van der Waals surface area contributed by atoms with Crippen molar-refractivity contribution < 1.29 is 14.0 Å². The fraction of sp³-hybridized carbons (Fsp3) is 0.261. The molecule has 6 heteroatoms. The third-order valence-electron chi connectivity index (χ3n) is 4.86. The molecule has 0 radical (unpaired) electrons. The van der Waals surface area contributed by atoms with Crippen molar-refractivity contribution in [2.45, 2.75) is 33.1 Å². The molecule has 0 saturated heterocycles. The summed E-state index contributed by atoms with van der Waals surface area (Å²) in [5.41, 5.74) is 1.39. The van der Waals surface area contributed by atoms with Crippen LogP contribution in [0, 0.1) is 11.3 Å². The fourth-order valence-corrected chi connectivity index (χ4v) is 3.46. The lowest BCUT2D eigenvalue weighted by atomic mass is 9.94.